The quantitative estimate of drug-likeness (QED) is 0.680. The molecule has 0 saturated carbocycles. The number of aromatic nitrogens is 3. The third-order valence-corrected chi connectivity index (χ3v) is 4.93. The Hall–Kier alpha value is -2.84. The maximum atomic E-state index is 12.0. The second-order valence-corrected chi connectivity index (χ2v) is 7.25. The van der Waals surface area contributed by atoms with Crippen molar-refractivity contribution in [2.24, 2.45) is 5.73 Å². The summed E-state index contributed by atoms with van der Waals surface area (Å²) in [4.78, 5) is 27.8. The average molecular weight is 382 g/mol. The van der Waals surface area contributed by atoms with E-state index in [0.717, 1.165) is 5.69 Å². The van der Waals surface area contributed by atoms with Gasteiger partial charge in [0.1, 0.15) is 15.6 Å². The molecular weight excluding hydrogens is 360 g/mol. The van der Waals surface area contributed by atoms with Crippen LogP contribution in [-0.2, 0) is 0 Å². The number of rotatable bonds is 6. The summed E-state index contributed by atoms with van der Waals surface area (Å²) in [6.45, 7) is 4.96. The molecule has 2 heterocycles. The first-order valence-corrected chi connectivity index (χ1v) is 9.39. The molecule has 1 amide bonds. The van der Waals surface area contributed by atoms with Crippen LogP contribution in [0.2, 0.25) is 0 Å². The van der Waals surface area contributed by atoms with Crippen molar-refractivity contribution in [2.45, 2.75) is 13.8 Å². The van der Waals surface area contributed by atoms with Crippen LogP contribution < -0.4 is 16.0 Å². The lowest BCUT2D eigenvalue weighted by atomic mass is 10.1. The van der Waals surface area contributed by atoms with Crippen LogP contribution >= 0.6 is 11.3 Å². The van der Waals surface area contributed by atoms with Gasteiger partial charge in [0.25, 0.3) is 5.91 Å². The van der Waals surface area contributed by atoms with Gasteiger partial charge >= 0.3 is 0 Å². The molecule has 0 aliphatic carbocycles. The molecule has 0 saturated heterocycles. The molecule has 3 N–H and O–H groups in total. The van der Waals surface area contributed by atoms with Crippen LogP contribution in [0.1, 0.15) is 20.8 Å². The number of hydrogen-bond donors (Lipinski definition) is 2. The number of nitrogens with zero attached hydrogens (tertiary/aromatic N) is 4. The van der Waals surface area contributed by atoms with Crippen LogP contribution in [0.25, 0.3) is 10.7 Å². The topological polar surface area (TPSA) is 97.0 Å². The second-order valence-electron chi connectivity index (χ2n) is 6.22. The van der Waals surface area contributed by atoms with Gasteiger partial charge in [-0.05, 0) is 43.2 Å². The van der Waals surface area contributed by atoms with E-state index in [-0.39, 0.29) is 5.91 Å². The number of amides is 1. The minimum absolute atomic E-state index is 0.175. The summed E-state index contributed by atoms with van der Waals surface area (Å²) in [5.74, 6) is 0.396. The van der Waals surface area contributed by atoms with Gasteiger partial charge in [0.15, 0.2) is 0 Å². The molecule has 3 rings (SSSR count). The van der Waals surface area contributed by atoms with Crippen molar-refractivity contribution >= 4 is 28.9 Å². The number of carbonyl (C=O) groups excluding carboxylic acids is 1. The number of nitrogens with one attached hydrogen (secondary N) is 1. The third-order valence-electron chi connectivity index (χ3n) is 3.92. The minimum atomic E-state index is -0.175. The highest BCUT2D eigenvalue weighted by molar-refractivity contribution is 7.16. The maximum absolute atomic E-state index is 12.0. The lowest BCUT2D eigenvalue weighted by molar-refractivity contribution is 0.0958. The molecule has 140 valence electrons. The van der Waals surface area contributed by atoms with E-state index in [1.165, 1.54) is 22.5 Å². The summed E-state index contributed by atoms with van der Waals surface area (Å²) >= 11 is 1.29. The van der Waals surface area contributed by atoms with E-state index in [1.54, 1.807) is 18.5 Å². The second kappa shape index (κ2) is 8.24. The maximum Gasteiger partial charge on any atom is 0.263 e. The highest BCUT2D eigenvalue weighted by atomic mass is 32.1. The molecule has 27 heavy (non-hydrogen) atoms. The molecule has 0 bridgehead atoms. The Kier molecular flexibility index (Phi) is 5.78. The van der Waals surface area contributed by atoms with E-state index in [9.17, 15) is 4.79 Å². The van der Waals surface area contributed by atoms with Crippen molar-refractivity contribution in [1.29, 1.82) is 0 Å². The monoisotopic (exact) mass is 382 g/mol. The van der Waals surface area contributed by atoms with Crippen LogP contribution in [0.4, 0.5) is 11.6 Å². The molecule has 0 fully saturated rings. The van der Waals surface area contributed by atoms with Gasteiger partial charge in [0, 0.05) is 32.0 Å². The van der Waals surface area contributed by atoms with Crippen molar-refractivity contribution in [2.75, 3.05) is 25.0 Å². The zero-order valence-corrected chi connectivity index (χ0v) is 16.4. The average Bonchev–Trinajstić information content (AvgIpc) is 3.15. The number of aryl methyl sites for hydroxylation is 2. The Labute approximate surface area is 162 Å². The van der Waals surface area contributed by atoms with Gasteiger partial charge in [-0.25, -0.2) is 15.0 Å². The molecule has 0 atom stereocenters. The lowest BCUT2D eigenvalue weighted by Crippen LogP contribution is -2.28. The molecule has 2 aromatic heterocycles. The Bertz CT molecular complexity index is 935. The minimum Gasteiger partial charge on any atom is -0.350 e. The van der Waals surface area contributed by atoms with Crippen molar-refractivity contribution in [3.63, 3.8) is 0 Å². The molecule has 3 aromatic rings. The normalized spacial score (nSPS) is 10.7. The van der Waals surface area contributed by atoms with E-state index in [2.05, 4.69) is 52.3 Å². The van der Waals surface area contributed by atoms with E-state index in [1.807, 2.05) is 11.9 Å². The van der Waals surface area contributed by atoms with Gasteiger partial charge in [0.05, 0.1) is 6.20 Å². The molecule has 1 aromatic carbocycles. The Morgan fingerprint density at radius 1 is 1.22 bits per heavy atom. The van der Waals surface area contributed by atoms with Crippen molar-refractivity contribution < 1.29 is 4.79 Å². The number of benzene rings is 1. The summed E-state index contributed by atoms with van der Waals surface area (Å²) in [7, 11) is 1.93. The molecular formula is C19H22N6OS. The molecule has 0 radical (unpaired) electrons. The van der Waals surface area contributed by atoms with Gasteiger partial charge in [-0.3, -0.25) is 4.79 Å². The zero-order valence-electron chi connectivity index (χ0n) is 15.6. The number of thiazole rings is 1. The first kappa shape index (κ1) is 18.9. The Morgan fingerprint density at radius 3 is 2.67 bits per heavy atom. The molecule has 8 heteroatoms. The fraction of sp³-hybridized carbons (Fsp3) is 0.263. The number of carbonyl (C=O) groups is 1. The van der Waals surface area contributed by atoms with Gasteiger partial charge in [-0.15, -0.1) is 11.3 Å². The predicted molar refractivity (Wildman–Crippen MR) is 109 cm³/mol. The van der Waals surface area contributed by atoms with Crippen molar-refractivity contribution in [3.8, 4) is 10.7 Å². The third kappa shape index (κ3) is 4.47. The van der Waals surface area contributed by atoms with Crippen LogP contribution in [-0.4, -0.2) is 41.0 Å². The summed E-state index contributed by atoms with van der Waals surface area (Å²) in [5, 5.41) is 3.41. The Morgan fingerprint density at radius 2 is 1.96 bits per heavy atom. The van der Waals surface area contributed by atoms with Crippen LogP contribution in [0.5, 0.6) is 0 Å². The van der Waals surface area contributed by atoms with Gasteiger partial charge in [-0.1, -0.05) is 6.07 Å². The highest BCUT2D eigenvalue weighted by Crippen LogP contribution is 2.27. The van der Waals surface area contributed by atoms with E-state index >= 15 is 0 Å². The fourth-order valence-electron chi connectivity index (χ4n) is 2.66. The first-order chi connectivity index (χ1) is 13.0. The van der Waals surface area contributed by atoms with Gasteiger partial charge in [-0.2, -0.15) is 0 Å². The molecule has 0 aliphatic heterocycles. The number of anilines is 2. The van der Waals surface area contributed by atoms with E-state index in [4.69, 9.17) is 5.73 Å². The smallest absolute Gasteiger partial charge is 0.263 e. The summed E-state index contributed by atoms with van der Waals surface area (Å²) in [5.41, 5.74) is 9.48. The summed E-state index contributed by atoms with van der Waals surface area (Å²) in [6, 6.07) is 8.10. The molecule has 0 spiro atoms. The predicted octanol–water partition coefficient (Wildman–Crippen LogP) is 2.67. The largest absolute Gasteiger partial charge is 0.350 e. The van der Waals surface area contributed by atoms with Crippen molar-refractivity contribution in [3.05, 3.63) is 52.7 Å². The summed E-state index contributed by atoms with van der Waals surface area (Å²) < 4.78 is 0. The highest BCUT2D eigenvalue weighted by Gasteiger charge is 2.14. The molecule has 7 nitrogen and oxygen atoms in total. The van der Waals surface area contributed by atoms with Crippen molar-refractivity contribution in [1.82, 2.24) is 20.3 Å². The summed E-state index contributed by atoms with van der Waals surface area (Å²) in [6.07, 6.45) is 3.26. The number of nitrogens with two attached hydrogens (primary N) is 1. The Balaban J connectivity index is 1.85. The standard InChI is InChI=1S/C19H22N6OS/c1-12-8-13(2)10-14(9-12)25(3)19-22-6-4-15(24-19)18-23-11-16(27-18)17(26)21-7-5-20/h4,6,8-11H,5,7,20H2,1-3H3,(H,21,26). The zero-order chi connectivity index (χ0) is 19.4. The van der Waals surface area contributed by atoms with E-state index in [0.29, 0.717) is 34.6 Å². The first-order valence-electron chi connectivity index (χ1n) is 8.57. The molecule has 0 unspecified atom stereocenters. The van der Waals surface area contributed by atoms with Crippen LogP contribution in [0, 0.1) is 13.8 Å². The fourth-order valence-corrected chi connectivity index (χ4v) is 3.46. The number of hydrogen-bond acceptors (Lipinski definition) is 7. The van der Waals surface area contributed by atoms with Gasteiger partial charge < -0.3 is 16.0 Å². The van der Waals surface area contributed by atoms with E-state index < -0.39 is 0 Å². The lowest BCUT2D eigenvalue weighted by Gasteiger charge is -2.18. The van der Waals surface area contributed by atoms with Crippen LogP contribution in [0.15, 0.2) is 36.7 Å². The van der Waals surface area contributed by atoms with Gasteiger partial charge in [0.2, 0.25) is 5.95 Å². The molecule has 0 aliphatic rings. The van der Waals surface area contributed by atoms with Crippen LogP contribution in [0.3, 0.4) is 0 Å². The SMILES string of the molecule is Cc1cc(C)cc(N(C)c2nccc(-c3ncc(C(=O)NCCN)s3)n2)c1.